The Bertz CT molecular complexity index is 615. The molecule has 0 bridgehead atoms. The van der Waals surface area contributed by atoms with Crippen LogP contribution >= 0.6 is 0 Å². The summed E-state index contributed by atoms with van der Waals surface area (Å²) < 4.78 is 7.30. The largest absolute Gasteiger partial charge is 0.495 e. The van der Waals surface area contributed by atoms with E-state index in [4.69, 9.17) is 9.94 Å². The van der Waals surface area contributed by atoms with Gasteiger partial charge >= 0.3 is 0 Å². The van der Waals surface area contributed by atoms with Gasteiger partial charge < -0.3 is 14.5 Å². The Morgan fingerprint density at radius 1 is 1.42 bits per heavy atom. The Morgan fingerprint density at radius 2 is 2.26 bits per heavy atom. The molecule has 2 aromatic rings. The summed E-state index contributed by atoms with van der Waals surface area (Å²) in [6, 6.07) is 5.82. The summed E-state index contributed by atoms with van der Waals surface area (Å²) >= 11 is 0. The van der Waals surface area contributed by atoms with E-state index in [1.165, 1.54) is 6.21 Å². The normalized spacial score (nSPS) is 11.5. The molecule has 1 heterocycles. The first kappa shape index (κ1) is 12.9. The maximum atomic E-state index is 8.32. The van der Waals surface area contributed by atoms with Crippen LogP contribution in [-0.2, 0) is 0 Å². The van der Waals surface area contributed by atoms with Gasteiger partial charge in [-0.15, -0.1) is 0 Å². The predicted octanol–water partition coefficient (Wildman–Crippen LogP) is 2.66. The summed E-state index contributed by atoms with van der Waals surface area (Å²) in [5.41, 5.74) is 2.83. The molecule has 98 valence electrons. The van der Waals surface area contributed by atoms with Gasteiger partial charge in [-0.2, -0.15) is 0 Å². The quantitative estimate of drug-likeness (QED) is 0.520. The van der Waals surface area contributed by atoms with Crippen molar-refractivity contribution >= 4 is 12.3 Å². The van der Waals surface area contributed by atoms with Crippen molar-refractivity contribution in [3.8, 4) is 11.4 Å². The lowest BCUT2D eigenvalue weighted by atomic mass is 10.1. The van der Waals surface area contributed by atoms with Crippen LogP contribution in [0.25, 0.3) is 11.8 Å². The Hall–Kier alpha value is -2.56. The van der Waals surface area contributed by atoms with Crippen LogP contribution in [0.1, 0.15) is 11.3 Å². The molecule has 2 rings (SSSR count). The van der Waals surface area contributed by atoms with E-state index in [0.717, 1.165) is 22.7 Å². The summed E-state index contributed by atoms with van der Waals surface area (Å²) in [6.45, 7) is 1.94. The fourth-order valence-corrected chi connectivity index (χ4v) is 1.76. The lowest BCUT2D eigenvalue weighted by Gasteiger charge is -2.09. The van der Waals surface area contributed by atoms with Gasteiger partial charge in [0.25, 0.3) is 0 Å². The molecule has 5 nitrogen and oxygen atoms in total. The molecule has 0 aliphatic heterocycles. The van der Waals surface area contributed by atoms with Crippen molar-refractivity contribution in [2.45, 2.75) is 6.92 Å². The Labute approximate surface area is 111 Å². The van der Waals surface area contributed by atoms with E-state index in [2.05, 4.69) is 10.1 Å². The molecule has 0 radical (unpaired) electrons. The lowest BCUT2D eigenvalue weighted by molar-refractivity contribution is 0.322. The number of nitrogens with zero attached hydrogens (tertiary/aromatic N) is 3. The molecule has 1 aromatic heterocycles. The monoisotopic (exact) mass is 257 g/mol. The molecule has 0 saturated heterocycles. The number of imidazole rings is 1. The number of hydrogen-bond donors (Lipinski definition) is 1. The predicted molar refractivity (Wildman–Crippen MR) is 74.2 cm³/mol. The van der Waals surface area contributed by atoms with Crippen LogP contribution in [0.15, 0.2) is 42.0 Å². The highest BCUT2D eigenvalue weighted by Gasteiger charge is 2.06. The Balaban J connectivity index is 2.36. The number of aromatic nitrogens is 2. The Kier molecular flexibility index (Phi) is 3.97. The molecular formula is C14H15N3O2. The van der Waals surface area contributed by atoms with Crippen molar-refractivity contribution in [1.29, 1.82) is 0 Å². The zero-order valence-corrected chi connectivity index (χ0v) is 10.8. The summed E-state index contributed by atoms with van der Waals surface area (Å²) in [5, 5.41) is 11.2. The minimum Gasteiger partial charge on any atom is -0.495 e. The van der Waals surface area contributed by atoms with Gasteiger partial charge in [0.15, 0.2) is 0 Å². The fraction of sp³-hybridized carbons (Fsp3) is 0.143. The van der Waals surface area contributed by atoms with Gasteiger partial charge in [0.1, 0.15) is 5.75 Å². The second kappa shape index (κ2) is 5.86. The number of rotatable bonds is 4. The second-order valence-corrected chi connectivity index (χ2v) is 3.98. The molecule has 0 saturated carbocycles. The topological polar surface area (TPSA) is 59.6 Å². The van der Waals surface area contributed by atoms with Crippen LogP contribution in [0, 0.1) is 6.92 Å². The number of oxime groups is 1. The van der Waals surface area contributed by atoms with Crippen LogP contribution in [-0.4, -0.2) is 28.1 Å². The standard InChI is InChI=1S/C14H15N3O2/c1-11-9-17(10-15-11)13-6-5-12(4-3-7-16-18)8-14(13)19-2/h3-10,18H,1-2H3/b4-3+,16-7+. The van der Waals surface area contributed by atoms with E-state index in [1.54, 1.807) is 19.5 Å². The first-order chi connectivity index (χ1) is 9.24. The third kappa shape index (κ3) is 3.01. The van der Waals surface area contributed by atoms with E-state index < -0.39 is 0 Å². The van der Waals surface area contributed by atoms with Crippen molar-refractivity contribution in [2.75, 3.05) is 7.11 Å². The molecule has 1 aromatic carbocycles. The number of ether oxygens (including phenoxy) is 1. The number of hydrogen-bond acceptors (Lipinski definition) is 4. The van der Waals surface area contributed by atoms with Gasteiger partial charge in [0.2, 0.25) is 0 Å². The van der Waals surface area contributed by atoms with E-state index in [-0.39, 0.29) is 0 Å². The number of methoxy groups -OCH3 is 1. The van der Waals surface area contributed by atoms with E-state index in [9.17, 15) is 0 Å². The molecule has 0 atom stereocenters. The highest BCUT2D eigenvalue weighted by Crippen LogP contribution is 2.24. The zero-order valence-electron chi connectivity index (χ0n) is 10.8. The zero-order chi connectivity index (χ0) is 13.7. The first-order valence-electron chi connectivity index (χ1n) is 5.77. The van der Waals surface area contributed by atoms with Gasteiger partial charge in [-0.3, -0.25) is 0 Å². The molecule has 5 heteroatoms. The summed E-state index contributed by atoms with van der Waals surface area (Å²) in [5.74, 6) is 0.750. The third-order valence-electron chi connectivity index (χ3n) is 2.64. The lowest BCUT2D eigenvalue weighted by Crippen LogP contribution is -1.95. The van der Waals surface area contributed by atoms with Gasteiger partial charge in [-0.25, -0.2) is 4.98 Å². The molecule has 0 fully saturated rings. The van der Waals surface area contributed by atoms with Crippen molar-refractivity contribution in [2.24, 2.45) is 5.16 Å². The second-order valence-electron chi connectivity index (χ2n) is 3.98. The summed E-state index contributed by atoms with van der Waals surface area (Å²) in [4.78, 5) is 4.20. The molecule has 1 N–H and O–H groups in total. The maximum Gasteiger partial charge on any atom is 0.143 e. The minimum absolute atomic E-state index is 0.750. The van der Waals surface area contributed by atoms with Crippen LogP contribution < -0.4 is 4.74 Å². The van der Waals surface area contributed by atoms with Crippen molar-refractivity contribution < 1.29 is 9.94 Å². The first-order valence-corrected chi connectivity index (χ1v) is 5.77. The molecule has 0 aliphatic carbocycles. The number of benzene rings is 1. The van der Waals surface area contributed by atoms with E-state index >= 15 is 0 Å². The van der Waals surface area contributed by atoms with Crippen molar-refractivity contribution in [3.63, 3.8) is 0 Å². The SMILES string of the molecule is COc1cc(/C=C/C=N/O)ccc1-n1cnc(C)c1. The highest BCUT2D eigenvalue weighted by atomic mass is 16.5. The smallest absolute Gasteiger partial charge is 0.143 e. The van der Waals surface area contributed by atoms with Crippen molar-refractivity contribution in [1.82, 2.24) is 9.55 Å². The van der Waals surface area contributed by atoms with Crippen LogP contribution in [0.3, 0.4) is 0 Å². The summed E-state index contributed by atoms with van der Waals surface area (Å²) in [7, 11) is 1.63. The average Bonchev–Trinajstić information content (AvgIpc) is 2.85. The highest BCUT2D eigenvalue weighted by molar-refractivity contribution is 5.78. The fourth-order valence-electron chi connectivity index (χ4n) is 1.76. The van der Waals surface area contributed by atoms with Gasteiger partial charge in [-0.1, -0.05) is 17.3 Å². The minimum atomic E-state index is 0.750. The summed E-state index contributed by atoms with van der Waals surface area (Å²) in [6.07, 6.45) is 8.47. The van der Waals surface area contributed by atoms with E-state index in [0.29, 0.717) is 0 Å². The van der Waals surface area contributed by atoms with Crippen molar-refractivity contribution in [3.05, 3.63) is 48.1 Å². The van der Waals surface area contributed by atoms with Crippen LogP contribution in [0.2, 0.25) is 0 Å². The molecule has 19 heavy (non-hydrogen) atoms. The molecule has 0 amide bonds. The van der Waals surface area contributed by atoms with E-state index in [1.807, 2.05) is 42.0 Å². The number of aryl methyl sites for hydroxylation is 1. The molecule has 0 aliphatic rings. The number of allylic oxidation sites excluding steroid dienone is 1. The third-order valence-corrected chi connectivity index (χ3v) is 2.64. The van der Waals surface area contributed by atoms with Crippen LogP contribution in [0.4, 0.5) is 0 Å². The molecular weight excluding hydrogens is 242 g/mol. The molecule has 0 unspecified atom stereocenters. The van der Waals surface area contributed by atoms with Gasteiger partial charge in [0, 0.05) is 6.20 Å². The Morgan fingerprint density at radius 3 is 2.89 bits per heavy atom. The maximum absolute atomic E-state index is 8.32. The molecule has 0 spiro atoms. The van der Waals surface area contributed by atoms with Gasteiger partial charge in [0.05, 0.1) is 31.0 Å². The van der Waals surface area contributed by atoms with Gasteiger partial charge in [-0.05, 0) is 30.7 Å². The van der Waals surface area contributed by atoms with Crippen LogP contribution in [0.5, 0.6) is 5.75 Å². The average molecular weight is 257 g/mol.